The maximum atomic E-state index is 10.8. The van der Waals surface area contributed by atoms with Crippen molar-refractivity contribution >= 4 is 11.7 Å². The second kappa shape index (κ2) is 3.34. The second-order valence-electron chi connectivity index (χ2n) is 2.27. The number of hydroxylamine groups is 1. The van der Waals surface area contributed by atoms with Crippen LogP contribution in [0.3, 0.4) is 0 Å². The minimum absolute atomic E-state index is 0.221. The minimum atomic E-state index is -0.449. The van der Waals surface area contributed by atoms with Crippen molar-refractivity contribution in [2.24, 2.45) is 10.7 Å². The molecule has 1 heterocycles. The number of hydrogen-bond acceptors (Lipinski definition) is 3. The van der Waals surface area contributed by atoms with Crippen LogP contribution in [0.25, 0.3) is 0 Å². The highest BCUT2D eigenvalue weighted by molar-refractivity contribution is 5.87. The molecule has 1 aliphatic heterocycles. The fourth-order valence-electron chi connectivity index (χ4n) is 0.723. The van der Waals surface area contributed by atoms with Crippen LogP contribution in [0.1, 0.15) is 13.3 Å². The highest BCUT2D eigenvalue weighted by Gasteiger charge is 2.24. The van der Waals surface area contributed by atoms with E-state index < -0.39 is 6.04 Å². The second-order valence-corrected chi connectivity index (χ2v) is 2.27. The zero-order chi connectivity index (χ0) is 8.27. The standard InChI is InChI=1S/C6H11N3O2/c1-2-5(7)8-4-3-11-9-6(4)10/h4H,2-3H2,1H3,(H2,7,8)(H,9,10). The molecule has 0 aromatic carbocycles. The van der Waals surface area contributed by atoms with Gasteiger partial charge in [0.05, 0.1) is 5.84 Å². The summed E-state index contributed by atoms with van der Waals surface area (Å²) in [6, 6.07) is -0.449. The average molecular weight is 157 g/mol. The number of carbonyl (C=O) groups excluding carboxylic acids is 1. The number of carbonyl (C=O) groups is 1. The van der Waals surface area contributed by atoms with Gasteiger partial charge in [0, 0.05) is 6.42 Å². The van der Waals surface area contributed by atoms with Gasteiger partial charge in [0.25, 0.3) is 5.91 Å². The first-order valence-electron chi connectivity index (χ1n) is 3.47. The molecular weight excluding hydrogens is 146 g/mol. The third kappa shape index (κ3) is 1.91. The summed E-state index contributed by atoms with van der Waals surface area (Å²) >= 11 is 0. The molecule has 0 radical (unpaired) electrons. The monoisotopic (exact) mass is 157 g/mol. The summed E-state index contributed by atoms with van der Waals surface area (Å²) in [4.78, 5) is 19.4. The number of nitrogens with two attached hydrogens (primary N) is 1. The molecule has 1 amide bonds. The van der Waals surface area contributed by atoms with Crippen LogP contribution in [0.4, 0.5) is 0 Å². The van der Waals surface area contributed by atoms with Crippen LogP contribution in [-0.4, -0.2) is 24.4 Å². The van der Waals surface area contributed by atoms with Gasteiger partial charge in [-0.15, -0.1) is 0 Å². The van der Waals surface area contributed by atoms with Gasteiger partial charge in [0.1, 0.15) is 6.61 Å². The molecule has 1 unspecified atom stereocenters. The van der Waals surface area contributed by atoms with E-state index in [2.05, 4.69) is 15.3 Å². The molecule has 62 valence electrons. The maximum absolute atomic E-state index is 10.8. The van der Waals surface area contributed by atoms with Crippen molar-refractivity contribution in [1.29, 1.82) is 0 Å². The van der Waals surface area contributed by atoms with Crippen molar-refractivity contribution in [2.75, 3.05) is 6.61 Å². The Morgan fingerprint density at radius 1 is 2.00 bits per heavy atom. The van der Waals surface area contributed by atoms with E-state index in [1.54, 1.807) is 0 Å². The van der Waals surface area contributed by atoms with Crippen LogP contribution < -0.4 is 11.2 Å². The molecule has 1 rings (SSSR count). The SMILES string of the molecule is CCC(N)=NC1CONC1=O. The Bertz CT molecular complexity index is 190. The Kier molecular flexibility index (Phi) is 2.43. The highest BCUT2D eigenvalue weighted by atomic mass is 16.7. The summed E-state index contributed by atoms with van der Waals surface area (Å²) in [5.41, 5.74) is 7.63. The van der Waals surface area contributed by atoms with Crippen molar-refractivity contribution in [3.63, 3.8) is 0 Å². The topological polar surface area (TPSA) is 76.7 Å². The van der Waals surface area contributed by atoms with Crippen molar-refractivity contribution in [2.45, 2.75) is 19.4 Å². The largest absolute Gasteiger partial charge is 0.387 e. The molecule has 1 fully saturated rings. The van der Waals surface area contributed by atoms with E-state index in [-0.39, 0.29) is 12.5 Å². The lowest BCUT2D eigenvalue weighted by molar-refractivity contribution is -0.124. The van der Waals surface area contributed by atoms with Crippen molar-refractivity contribution in [1.82, 2.24) is 5.48 Å². The predicted octanol–water partition coefficient (Wildman–Crippen LogP) is -0.816. The van der Waals surface area contributed by atoms with E-state index in [0.29, 0.717) is 12.3 Å². The molecule has 0 aliphatic carbocycles. The van der Waals surface area contributed by atoms with E-state index >= 15 is 0 Å². The van der Waals surface area contributed by atoms with Crippen molar-refractivity contribution in [3.05, 3.63) is 0 Å². The summed E-state index contributed by atoms with van der Waals surface area (Å²) in [5, 5.41) is 0. The summed E-state index contributed by atoms with van der Waals surface area (Å²) in [5.74, 6) is 0.261. The van der Waals surface area contributed by atoms with Crippen LogP contribution in [-0.2, 0) is 9.63 Å². The van der Waals surface area contributed by atoms with Crippen LogP contribution in [0.15, 0.2) is 4.99 Å². The Balaban J connectivity index is 2.54. The summed E-state index contributed by atoms with van der Waals surface area (Å²) in [7, 11) is 0. The van der Waals surface area contributed by atoms with Gasteiger partial charge in [-0.2, -0.15) is 0 Å². The number of aliphatic imine (C=N–C) groups is 1. The van der Waals surface area contributed by atoms with Gasteiger partial charge in [-0.3, -0.25) is 14.6 Å². The molecule has 5 nitrogen and oxygen atoms in total. The molecule has 1 aliphatic rings. The zero-order valence-electron chi connectivity index (χ0n) is 6.33. The summed E-state index contributed by atoms with van der Waals surface area (Å²) < 4.78 is 0. The van der Waals surface area contributed by atoms with Gasteiger partial charge in [-0.05, 0) is 0 Å². The maximum Gasteiger partial charge on any atom is 0.270 e. The Labute approximate surface area is 64.6 Å². The molecule has 3 N–H and O–H groups in total. The molecule has 0 aromatic heterocycles. The van der Waals surface area contributed by atoms with E-state index in [1.165, 1.54) is 0 Å². The number of hydrogen-bond donors (Lipinski definition) is 2. The number of nitrogens with one attached hydrogen (secondary N) is 1. The Hall–Kier alpha value is -1.10. The number of nitrogens with zero attached hydrogens (tertiary/aromatic N) is 1. The lowest BCUT2D eigenvalue weighted by atomic mass is 10.3. The van der Waals surface area contributed by atoms with Crippen LogP contribution in [0.5, 0.6) is 0 Å². The first-order chi connectivity index (χ1) is 5.24. The van der Waals surface area contributed by atoms with Gasteiger partial charge in [0.15, 0.2) is 6.04 Å². The normalized spacial score (nSPS) is 25.4. The lowest BCUT2D eigenvalue weighted by Gasteiger charge is -1.98. The molecule has 1 atom stereocenters. The highest BCUT2D eigenvalue weighted by Crippen LogP contribution is 1.99. The van der Waals surface area contributed by atoms with Gasteiger partial charge in [-0.1, -0.05) is 6.92 Å². The number of rotatable bonds is 2. The third-order valence-electron chi connectivity index (χ3n) is 1.40. The first-order valence-corrected chi connectivity index (χ1v) is 3.47. The van der Waals surface area contributed by atoms with Crippen molar-refractivity contribution in [3.8, 4) is 0 Å². The fraction of sp³-hybridized carbons (Fsp3) is 0.667. The van der Waals surface area contributed by atoms with E-state index in [9.17, 15) is 4.79 Å². The quantitative estimate of drug-likeness (QED) is 0.406. The molecule has 0 bridgehead atoms. The van der Waals surface area contributed by atoms with E-state index in [0.717, 1.165) is 0 Å². The molecule has 0 spiro atoms. The van der Waals surface area contributed by atoms with Gasteiger partial charge < -0.3 is 5.73 Å². The number of amidine groups is 1. The average Bonchev–Trinajstić information content (AvgIpc) is 2.37. The lowest BCUT2D eigenvalue weighted by Crippen LogP contribution is -2.25. The molecular formula is C6H11N3O2. The first kappa shape index (κ1) is 8.00. The third-order valence-corrected chi connectivity index (χ3v) is 1.40. The Morgan fingerprint density at radius 3 is 3.18 bits per heavy atom. The summed E-state index contributed by atoms with van der Waals surface area (Å²) in [6.07, 6.45) is 0.657. The molecule has 0 saturated carbocycles. The molecule has 1 saturated heterocycles. The van der Waals surface area contributed by atoms with Crippen molar-refractivity contribution < 1.29 is 9.63 Å². The molecule has 0 aromatic rings. The summed E-state index contributed by atoms with van der Waals surface area (Å²) in [6.45, 7) is 2.16. The van der Waals surface area contributed by atoms with Crippen LogP contribution >= 0.6 is 0 Å². The van der Waals surface area contributed by atoms with E-state index in [1.807, 2.05) is 6.92 Å². The zero-order valence-corrected chi connectivity index (χ0v) is 6.33. The van der Waals surface area contributed by atoms with Gasteiger partial charge in [-0.25, -0.2) is 5.48 Å². The smallest absolute Gasteiger partial charge is 0.270 e. The predicted molar refractivity (Wildman–Crippen MR) is 39.8 cm³/mol. The minimum Gasteiger partial charge on any atom is -0.387 e. The number of amides is 1. The van der Waals surface area contributed by atoms with Gasteiger partial charge >= 0.3 is 0 Å². The molecule has 5 heteroatoms. The van der Waals surface area contributed by atoms with Crippen LogP contribution in [0, 0.1) is 0 Å². The Morgan fingerprint density at radius 2 is 2.73 bits per heavy atom. The fourth-order valence-corrected chi connectivity index (χ4v) is 0.723. The van der Waals surface area contributed by atoms with E-state index in [4.69, 9.17) is 5.73 Å². The van der Waals surface area contributed by atoms with Gasteiger partial charge in [0.2, 0.25) is 0 Å². The molecule has 11 heavy (non-hydrogen) atoms. The van der Waals surface area contributed by atoms with Crippen LogP contribution in [0.2, 0.25) is 0 Å².